The third kappa shape index (κ3) is 3.93. The van der Waals surface area contributed by atoms with E-state index in [0.717, 1.165) is 46.9 Å². The lowest BCUT2D eigenvalue weighted by Gasteiger charge is -2.28. The summed E-state index contributed by atoms with van der Waals surface area (Å²) in [5.74, 6) is 0.685. The summed E-state index contributed by atoms with van der Waals surface area (Å²) in [5.41, 5.74) is 9.29. The lowest BCUT2D eigenvalue weighted by Crippen LogP contribution is -2.31. The minimum atomic E-state index is 0.116. The first kappa shape index (κ1) is 18.6. The Kier molecular flexibility index (Phi) is 5.30. The number of likely N-dealkylation sites (tertiary alicyclic amines) is 2. The van der Waals surface area contributed by atoms with Gasteiger partial charge in [-0.2, -0.15) is 0 Å². The van der Waals surface area contributed by atoms with Crippen molar-refractivity contribution in [2.24, 2.45) is 5.73 Å². The van der Waals surface area contributed by atoms with Gasteiger partial charge in [0.25, 0.3) is 5.91 Å². The Morgan fingerprint density at radius 1 is 1.22 bits per heavy atom. The molecular weight excluding hydrogens is 356 g/mol. The molecule has 2 fully saturated rings. The van der Waals surface area contributed by atoms with Crippen LogP contribution in [-0.4, -0.2) is 60.0 Å². The van der Waals surface area contributed by atoms with Crippen LogP contribution >= 0.6 is 11.3 Å². The zero-order valence-corrected chi connectivity index (χ0v) is 17.0. The predicted octanol–water partition coefficient (Wildman–Crippen LogP) is 3.10. The molecule has 0 unspecified atom stereocenters. The molecule has 0 saturated carbocycles. The molecule has 144 valence electrons. The van der Waals surface area contributed by atoms with E-state index < -0.39 is 0 Å². The van der Waals surface area contributed by atoms with Crippen LogP contribution in [0.4, 0.5) is 0 Å². The first-order valence-electron chi connectivity index (χ1n) is 9.81. The fraction of sp³-hybridized carbons (Fsp3) is 0.524. The molecule has 6 heteroatoms. The number of carbonyl (C=O) groups is 1. The summed E-state index contributed by atoms with van der Waals surface area (Å²) < 4.78 is 0. The highest BCUT2D eigenvalue weighted by molar-refractivity contribution is 7.17. The SMILES string of the molecule is Cc1cc(-c2ccc(C3CCN(C)CC3)nc2)sc1C(=O)N1CC[C@H](N)C1. The van der Waals surface area contributed by atoms with E-state index >= 15 is 0 Å². The maximum Gasteiger partial charge on any atom is 0.264 e. The van der Waals surface area contributed by atoms with Gasteiger partial charge in [0, 0.05) is 47.4 Å². The van der Waals surface area contributed by atoms with Gasteiger partial charge >= 0.3 is 0 Å². The molecule has 2 saturated heterocycles. The zero-order valence-electron chi connectivity index (χ0n) is 16.1. The van der Waals surface area contributed by atoms with Crippen LogP contribution in [0, 0.1) is 6.92 Å². The van der Waals surface area contributed by atoms with E-state index in [-0.39, 0.29) is 11.9 Å². The van der Waals surface area contributed by atoms with Crippen LogP contribution in [0.3, 0.4) is 0 Å². The maximum atomic E-state index is 12.8. The fourth-order valence-corrected chi connectivity index (χ4v) is 5.18. The fourth-order valence-electron chi connectivity index (χ4n) is 4.05. The van der Waals surface area contributed by atoms with Crippen LogP contribution in [0.15, 0.2) is 24.4 Å². The van der Waals surface area contributed by atoms with Crippen molar-refractivity contribution in [1.29, 1.82) is 0 Å². The Morgan fingerprint density at radius 2 is 2.00 bits per heavy atom. The molecule has 2 aromatic rings. The Labute approximate surface area is 165 Å². The van der Waals surface area contributed by atoms with Gasteiger partial charge in [0.1, 0.15) is 0 Å². The van der Waals surface area contributed by atoms with Crippen molar-refractivity contribution in [3.8, 4) is 10.4 Å². The molecule has 2 N–H and O–H groups in total. The Bertz CT molecular complexity index is 808. The van der Waals surface area contributed by atoms with Crippen molar-refractivity contribution in [2.45, 2.75) is 38.1 Å². The molecule has 0 aliphatic carbocycles. The van der Waals surface area contributed by atoms with Crippen LogP contribution in [0.1, 0.15) is 46.1 Å². The number of piperidine rings is 1. The van der Waals surface area contributed by atoms with Gasteiger partial charge in [-0.25, -0.2) is 0 Å². The molecule has 1 atom stereocenters. The average molecular weight is 385 g/mol. The second-order valence-electron chi connectivity index (χ2n) is 7.97. The van der Waals surface area contributed by atoms with Gasteiger partial charge in [-0.05, 0) is 64.0 Å². The van der Waals surface area contributed by atoms with Crippen molar-refractivity contribution in [1.82, 2.24) is 14.8 Å². The smallest absolute Gasteiger partial charge is 0.264 e. The lowest BCUT2D eigenvalue weighted by atomic mass is 9.93. The van der Waals surface area contributed by atoms with Crippen LogP contribution in [0.25, 0.3) is 10.4 Å². The highest BCUT2D eigenvalue weighted by Crippen LogP contribution is 2.33. The van der Waals surface area contributed by atoms with Crippen molar-refractivity contribution in [2.75, 3.05) is 33.2 Å². The van der Waals surface area contributed by atoms with E-state index in [1.54, 1.807) is 11.3 Å². The molecule has 0 spiro atoms. The van der Waals surface area contributed by atoms with Gasteiger partial charge in [-0.1, -0.05) is 6.07 Å². The zero-order chi connectivity index (χ0) is 19.0. The van der Waals surface area contributed by atoms with Gasteiger partial charge in [-0.3, -0.25) is 9.78 Å². The standard InChI is InChI=1S/C21H28N4OS/c1-14-11-19(27-20(14)21(26)25-10-7-17(22)13-25)16-3-4-18(23-12-16)15-5-8-24(2)9-6-15/h3-4,11-12,15,17H,5-10,13,22H2,1-2H3/t17-/m0/s1. The minimum Gasteiger partial charge on any atom is -0.336 e. The number of carbonyl (C=O) groups excluding carboxylic acids is 1. The van der Waals surface area contributed by atoms with Crippen molar-refractivity contribution in [3.05, 3.63) is 40.5 Å². The Hall–Kier alpha value is -1.76. The van der Waals surface area contributed by atoms with Crippen molar-refractivity contribution < 1.29 is 4.79 Å². The second-order valence-corrected chi connectivity index (χ2v) is 9.02. The minimum absolute atomic E-state index is 0.116. The Balaban J connectivity index is 1.50. The summed E-state index contributed by atoms with van der Waals surface area (Å²) in [7, 11) is 2.18. The van der Waals surface area contributed by atoms with E-state index in [4.69, 9.17) is 10.7 Å². The van der Waals surface area contributed by atoms with Crippen LogP contribution in [0.5, 0.6) is 0 Å². The maximum absolute atomic E-state index is 12.8. The molecule has 27 heavy (non-hydrogen) atoms. The first-order chi connectivity index (χ1) is 13.0. The van der Waals surface area contributed by atoms with E-state index in [1.807, 2.05) is 18.0 Å². The van der Waals surface area contributed by atoms with Gasteiger partial charge in [0.2, 0.25) is 0 Å². The first-order valence-corrected chi connectivity index (χ1v) is 10.6. The molecule has 0 radical (unpaired) electrons. The number of nitrogens with two attached hydrogens (primary N) is 1. The van der Waals surface area contributed by atoms with Gasteiger partial charge in [0.05, 0.1) is 4.88 Å². The molecule has 1 amide bonds. The number of hydrogen-bond acceptors (Lipinski definition) is 5. The number of rotatable bonds is 3. The number of aromatic nitrogens is 1. The number of thiophene rings is 1. The number of nitrogens with zero attached hydrogens (tertiary/aromatic N) is 3. The second kappa shape index (κ2) is 7.70. The van der Waals surface area contributed by atoms with Gasteiger partial charge < -0.3 is 15.5 Å². The summed E-state index contributed by atoms with van der Waals surface area (Å²) >= 11 is 1.57. The van der Waals surface area contributed by atoms with Gasteiger partial charge in [-0.15, -0.1) is 11.3 Å². The third-order valence-electron chi connectivity index (χ3n) is 5.83. The number of aryl methyl sites for hydroxylation is 1. The quantitative estimate of drug-likeness (QED) is 0.883. The molecule has 2 aliphatic heterocycles. The largest absolute Gasteiger partial charge is 0.336 e. The number of amides is 1. The summed E-state index contributed by atoms with van der Waals surface area (Å²) in [5, 5.41) is 0. The summed E-state index contributed by atoms with van der Waals surface area (Å²) in [6, 6.07) is 6.55. The molecule has 2 aliphatic rings. The average Bonchev–Trinajstić information content (AvgIpc) is 3.28. The molecule has 0 aromatic carbocycles. The predicted molar refractivity (Wildman–Crippen MR) is 110 cm³/mol. The normalized spacial score (nSPS) is 21.7. The van der Waals surface area contributed by atoms with Crippen LogP contribution in [-0.2, 0) is 0 Å². The molecule has 4 heterocycles. The topological polar surface area (TPSA) is 62.5 Å². The summed E-state index contributed by atoms with van der Waals surface area (Å²) in [4.78, 5) is 23.8. The number of hydrogen-bond donors (Lipinski definition) is 1. The Morgan fingerprint density at radius 3 is 2.63 bits per heavy atom. The van der Waals surface area contributed by atoms with E-state index in [1.165, 1.54) is 18.5 Å². The highest BCUT2D eigenvalue weighted by atomic mass is 32.1. The molecule has 4 rings (SSSR count). The number of pyridine rings is 1. The molecule has 5 nitrogen and oxygen atoms in total. The van der Waals surface area contributed by atoms with E-state index in [0.29, 0.717) is 12.5 Å². The van der Waals surface area contributed by atoms with E-state index in [9.17, 15) is 4.79 Å². The van der Waals surface area contributed by atoms with Crippen molar-refractivity contribution in [3.63, 3.8) is 0 Å². The molecule has 0 bridgehead atoms. The third-order valence-corrected chi connectivity index (χ3v) is 7.11. The monoisotopic (exact) mass is 384 g/mol. The van der Waals surface area contributed by atoms with Crippen molar-refractivity contribution >= 4 is 17.2 Å². The molecule has 2 aromatic heterocycles. The molecular formula is C21H28N4OS. The highest BCUT2D eigenvalue weighted by Gasteiger charge is 2.27. The van der Waals surface area contributed by atoms with E-state index in [2.05, 4.69) is 30.1 Å². The summed E-state index contributed by atoms with van der Waals surface area (Å²) in [6.45, 7) is 5.73. The van der Waals surface area contributed by atoms with Gasteiger partial charge in [0.15, 0.2) is 0 Å². The lowest BCUT2D eigenvalue weighted by molar-refractivity contribution is 0.0795. The van der Waals surface area contributed by atoms with Crippen LogP contribution < -0.4 is 5.73 Å². The van der Waals surface area contributed by atoms with Crippen LogP contribution in [0.2, 0.25) is 0 Å². The summed E-state index contributed by atoms with van der Waals surface area (Å²) in [6.07, 6.45) is 5.22.